The number of nitrogens with zero attached hydrogens (tertiary/aromatic N) is 7. The molecule has 0 radical (unpaired) electrons. The summed E-state index contributed by atoms with van der Waals surface area (Å²) in [5.74, 6) is -11.1. The summed E-state index contributed by atoms with van der Waals surface area (Å²) in [4.78, 5) is 118. The Bertz CT molecular complexity index is 3470. The first-order chi connectivity index (χ1) is 44.0. The van der Waals surface area contributed by atoms with E-state index in [9.17, 15) is 74.1 Å². The number of aliphatic hydroxyl groups excluding tert-OH is 6. The van der Waals surface area contributed by atoms with Crippen LogP contribution in [0.1, 0.15) is 68.3 Å². The number of β-amino-alcohol motifs (C(OH)–C–C–N with tert-alkyl or cyclic N) is 1. The standard InChI is InChI=1S/C58H71N13O19S2/c1-28-25-70-48(49(28)79)54(84)60-24-36(73)20-38(62-50(80)31-7-9-32(10-8-31)55-66-67-56(91-55)33-23-61-71(26-33)35-13-11-34(12-14-35)68-16-4-3-5-17-68)51(81)63-45(29(2)72)57(85)69-27-37(74)21-39(69)52(82)64-46(53(83)65-47(58(70)86)42(77)22-44(59)78)41(76)18-30-6-15-40(75)43(19-30)88-92-90-89-87/h6-15,19,23,26,28-29,36-39,41-42,45-49,72-77,79,87H,3-5,16-18,20-22,24-25,27H2,1-2H3,(H2,59,78)(H,60,84)(H,62,80)(H,63,81)(H,64,82)(H,65,83). The zero-order chi connectivity index (χ0) is 66.1. The third-order valence-electron chi connectivity index (χ3n) is 16.3. The number of hydrogen-bond acceptors (Lipinski definition) is 25. The molecule has 0 bridgehead atoms. The van der Waals surface area contributed by atoms with Gasteiger partial charge in [-0.3, -0.25) is 38.4 Å². The number of phenols is 1. The fourth-order valence-corrected chi connectivity index (χ4v) is 12.5. The first kappa shape index (κ1) is 68.0. The Labute approximate surface area is 533 Å². The summed E-state index contributed by atoms with van der Waals surface area (Å²) < 4.78 is 11.0. The first-order valence-corrected chi connectivity index (χ1v) is 30.9. The van der Waals surface area contributed by atoms with Gasteiger partial charge in [-0.15, -0.1) is 10.2 Å². The number of carbonyl (C=O) groups excluding carboxylic acids is 8. The molecule has 34 heteroatoms. The second-order valence-corrected chi connectivity index (χ2v) is 24.4. The minimum absolute atomic E-state index is 0.00218. The molecule has 4 aliphatic heterocycles. The number of benzene rings is 3. The molecule has 4 fully saturated rings. The molecule has 3 aromatic carbocycles. The maximum Gasteiger partial charge on any atom is 0.261 e. The van der Waals surface area contributed by atoms with E-state index in [0.717, 1.165) is 66.2 Å². The largest absolute Gasteiger partial charge is 0.504 e. The molecule has 0 saturated carbocycles. The molecule has 0 aliphatic carbocycles. The van der Waals surface area contributed by atoms with Crippen LogP contribution in [0.4, 0.5) is 5.69 Å². The molecule has 5 aromatic rings. The molecule has 8 amide bonds. The molecule has 32 nitrogen and oxygen atoms in total. The van der Waals surface area contributed by atoms with Crippen molar-refractivity contribution in [1.29, 1.82) is 0 Å². The van der Waals surface area contributed by atoms with Crippen LogP contribution in [0.5, 0.6) is 11.5 Å². The maximum absolute atomic E-state index is 14.7. The number of aliphatic hydroxyl groups is 6. The summed E-state index contributed by atoms with van der Waals surface area (Å²) in [6, 6.07) is 6.00. The van der Waals surface area contributed by atoms with Crippen LogP contribution in [0.15, 0.2) is 79.1 Å². The van der Waals surface area contributed by atoms with Gasteiger partial charge in [0.1, 0.15) is 41.3 Å². The number of piperidine rings is 1. The van der Waals surface area contributed by atoms with Gasteiger partial charge in [-0.2, -0.15) is 5.10 Å². The van der Waals surface area contributed by atoms with Gasteiger partial charge in [0.2, 0.25) is 41.4 Å². The minimum atomic E-state index is -2.22. The summed E-state index contributed by atoms with van der Waals surface area (Å²) in [6.07, 6.45) is -6.59. The molecular formula is C58H71N13O19S2. The van der Waals surface area contributed by atoms with Crippen LogP contribution in [0.25, 0.3) is 26.8 Å². The van der Waals surface area contributed by atoms with E-state index in [1.165, 1.54) is 42.9 Å². The lowest BCUT2D eigenvalue weighted by Crippen LogP contribution is -2.64. The first-order valence-electron chi connectivity index (χ1n) is 29.4. The third kappa shape index (κ3) is 16.2. The number of nitrogens with one attached hydrogen (secondary N) is 5. The number of carbonyl (C=O) groups is 8. The summed E-state index contributed by atoms with van der Waals surface area (Å²) in [5, 5.41) is 117. The Hall–Kier alpha value is -8.42. The molecule has 4 aliphatic rings. The predicted octanol–water partition coefficient (Wildman–Crippen LogP) is -2.06. The second-order valence-electron chi connectivity index (χ2n) is 23.0. The van der Waals surface area contributed by atoms with Crippen molar-refractivity contribution in [3.63, 3.8) is 0 Å². The topological polar surface area (TPSA) is 466 Å². The van der Waals surface area contributed by atoms with Crippen LogP contribution in [0.3, 0.4) is 0 Å². The minimum Gasteiger partial charge on any atom is -0.504 e. The SMILES string of the molecule is CC(O)C1NC(=O)C(NC(=O)c2ccc(-c3nnc(-c4cnn(-c5ccc(N6CCCCC6)cc5)c4)s3)cc2)CC(O)CNC(=O)C2C(O)C(C)CN2C(=O)C(C(O)CC(N)=O)NC(=O)C(C(O)Cc2ccc(O)c(OSOOO)c2)NC(=O)C2CC(O)CN2C1=O. The van der Waals surface area contributed by atoms with Crippen LogP contribution >= 0.6 is 23.7 Å². The van der Waals surface area contributed by atoms with Gasteiger partial charge in [-0.1, -0.05) is 45.8 Å². The van der Waals surface area contributed by atoms with Crippen molar-refractivity contribution in [2.75, 3.05) is 37.6 Å². The zero-order valence-corrected chi connectivity index (χ0v) is 51.2. The van der Waals surface area contributed by atoms with Crippen molar-refractivity contribution >= 4 is 76.6 Å². The molecule has 2 aromatic heterocycles. The van der Waals surface area contributed by atoms with E-state index in [0.29, 0.717) is 21.1 Å². The van der Waals surface area contributed by atoms with E-state index in [1.807, 2.05) is 18.3 Å². The molecule has 0 spiro atoms. The summed E-state index contributed by atoms with van der Waals surface area (Å²) >= 11 is 1.32. The van der Waals surface area contributed by atoms with Crippen molar-refractivity contribution in [1.82, 2.24) is 56.4 Å². The highest BCUT2D eigenvalue weighted by Crippen LogP contribution is 2.33. The van der Waals surface area contributed by atoms with Gasteiger partial charge in [-0.25, -0.2) is 9.94 Å². The van der Waals surface area contributed by atoms with Crippen LogP contribution in [-0.2, 0) is 49.4 Å². The van der Waals surface area contributed by atoms with Crippen molar-refractivity contribution in [2.45, 2.75) is 132 Å². The Balaban J connectivity index is 0.979. The number of primary amides is 1. The Morgan fingerprint density at radius 3 is 2.12 bits per heavy atom. The maximum atomic E-state index is 14.7. The highest BCUT2D eigenvalue weighted by Gasteiger charge is 2.50. The molecular weight excluding hydrogens is 1250 g/mol. The third-order valence-corrected chi connectivity index (χ3v) is 17.7. The van der Waals surface area contributed by atoms with E-state index in [4.69, 9.17) is 15.2 Å². The number of aromatic hydroxyl groups is 1. The number of fused-ring (bicyclic) bond motifs is 2. The van der Waals surface area contributed by atoms with Gasteiger partial charge >= 0.3 is 0 Å². The number of nitrogens with two attached hydrogens (primary N) is 1. The van der Waals surface area contributed by atoms with Crippen LogP contribution in [-0.4, -0.2) is 224 Å². The zero-order valence-electron chi connectivity index (χ0n) is 49.6. The summed E-state index contributed by atoms with van der Waals surface area (Å²) in [5.41, 5.74) is 8.78. The molecule has 4 saturated heterocycles. The van der Waals surface area contributed by atoms with Gasteiger partial charge in [0.25, 0.3) is 18.2 Å². The quantitative estimate of drug-likeness (QED) is 0.0206. The van der Waals surface area contributed by atoms with Crippen LogP contribution in [0, 0.1) is 5.92 Å². The Morgan fingerprint density at radius 1 is 0.772 bits per heavy atom. The van der Waals surface area contributed by atoms with E-state index in [-0.39, 0.29) is 29.2 Å². The molecule has 494 valence electrons. The summed E-state index contributed by atoms with van der Waals surface area (Å²) in [6.45, 7) is 2.89. The van der Waals surface area contributed by atoms with Gasteiger partial charge < -0.3 is 86.9 Å². The number of phenolic OH excluding ortho intramolecular Hbond substituents is 1. The van der Waals surface area contributed by atoms with Gasteiger partial charge in [0.05, 0.1) is 60.5 Å². The average Bonchev–Trinajstić information content (AvgIpc) is 1.63. The molecule has 9 rings (SSSR count). The Kier molecular flexibility index (Phi) is 22.4. The number of anilines is 1. The van der Waals surface area contributed by atoms with Crippen molar-refractivity contribution < 1.29 is 92.9 Å². The number of rotatable bonds is 17. The lowest BCUT2D eigenvalue weighted by molar-refractivity contribution is -0.433. The highest BCUT2D eigenvalue weighted by molar-refractivity contribution is 7.90. The van der Waals surface area contributed by atoms with E-state index in [2.05, 4.69) is 68.3 Å². The van der Waals surface area contributed by atoms with Gasteiger partial charge in [-0.05, 0) is 80.3 Å². The molecule has 13 unspecified atom stereocenters. The number of hydrogen-bond donors (Lipinski definition) is 14. The lowest BCUT2D eigenvalue weighted by Gasteiger charge is -2.33. The smallest absolute Gasteiger partial charge is 0.261 e. The van der Waals surface area contributed by atoms with Gasteiger partial charge in [0, 0.05) is 80.9 Å². The fourth-order valence-electron chi connectivity index (χ4n) is 11.4. The summed E-state index contributed by atoms with van der Waals surface area (Å²) in [7, 11) is 0. The van der Waals surface area contributed by atoms with E-state index < -0.39 is 177 Å². The van der Waals surface area contributed by atoms with E-state index in [1.54, 1.807) is 23.0 Å². The van der Waals surface area contributed by atoms with Crippen molar-refractivity contribution in [3.8, 4) is 38.3 Å². The molecule has 13 atom stereocenters. The lowest BCUT2D eigenvalue weighted by atomic mass is 9.98. The fraction of sp³-hybridized carbons (Fsp3) is 0.466. The average molecular weight is 1320 g/mol. The normalized spacial score (nSPS) is 25.7. The number of aromatic nitrogens is 4. The van der Waals surface area contributed by atoms with E-state index >= 15 is 0 Å². The second kappa shape index (κ2) is 30.3. The Morgan fingerprint density at radius 2 is 1.43 bits per heavy atom. The molecule has 15 N–H and O–H groups in total. The van der Waals surface area contributed by atoms with Gasteiger partial charge in [0.15, 0.2) is 16.5 Å². The predicted molar refractivity (Wildman–Crippen MR) is 324 cm³/mol. The highest BCUT2D eigenvalue weighted by atomic mass is 32.2. The monoisotopic (exact) mass is 1320 g/mol. The van der Waals surface area contributed by atoms with Crippen molar-refractivity contribution in [2.24, 2.45) is 11.7 Å². The van der Waals surface area contributed by atoms with Crippen LogP contribution < -0.4 is 41.4 Å². The number of amides is 8. The van der Waals surface area contributed by atoms with Crippen molar-refractivity contribution in [3.05, 3.63) is 90.3 Å². The molecule has 6 heterocycles. The van der Waals surface area contributed by atoms with Crippen LogP contribution in [0.2, 0.25) is 0 Å². The molecule has 92 heavy (non-hydrogen) atoms.